The van der Waals surface area contributed by atoms with Crippen molar-refractivity contribution in [3.8, 4) is 0 Å². The monoisotopic (exact) mass is 284 g/mol. The van der Waals surface area contributed by atoms with Crippen LogP contribution in [-0.4, -0.2) is 51.9 Å². The van der Waals surface area contributed by atoms with Gasteiger partial charge in [-0.25, -0.2) is 5.01 Å². The highest BCUT2D eigenvalue weighted by Crippen LogP contribution is 2.20. The molecule has 0 spiro atoms. The van der Waals surface area contributed by atoms with E-state index in [0.717, 1.165) is 16.1 Å². The molecule has 0 bridgehead atoms. The van der Waals surface area contributed by atoms with Gasteiger partial charge in [0.2, 0.25) is 0 Å². The van der Waals surface area contributed by atoms with Gasteiger partial charge in [-0.1, -0.05) is 6.07 Å². The van der Waals surface area contributed by atoms with Crippen molar-refractivity contribution in [1.29, 1.82) is 0 Å². The Morgan fingerprint density at radius 3 is 2.30 bits per heavy atom. The van der Waals surface area contributed by atoms with Crippen LogP contribution in [0.3, 0.4) is 0 Å². The average molecular weight is 284 g/mol. The SMILES string of the molecule is Cc1ccc(N(C[C@@H](O)[C@@H](O)[C@@H](O)CO)N=O)cc1C. The fourth-order valence-electron chi connectivity index (χ4n) is 1.72. The lowest BCUT2D eigenvalue weighted by atomic mass is 10.1. The Morgan fingerprint density at radius 1 is 1.15 bits per heavy atom. The van der Waals surface area contributed by atoms with Crippen LogP contribution >= 0.6 is 0 Å². The van der Waals surface area contributed by atoms with Crippen LogP contribution in [-0.2, 0) is 0 Å². The van der Waals surface area contributed by atoms with Crippen LogP contribution in [0.4, 0.5) is 5.69 Å². The van der Waals surface area contributed by atoms with Gasteiger partial charge < -0.3 is 20.4 Å². The zero-order chi connectivity index (χ0) is 15.3. The molecule has 20 heavy (non-hydrogen) atoms. The number of anilines is 1. The van der Waals surface area contributed by atoms with Crippen LogP contribution in [0.2, 0.25) is 0 Å². The molecule has 7 heteroatoms. The molecule has 1 aromatic carbocycles. The number of benzene rings is 1. The summed E-state index contributed by atoms with van der Waals surface area (Å²) in [6.45, 7) is 2.83. The summed E-state index contributed by atoms with van der Waals surface area (Å²) in [5, 5.41) is 41.0. The first kappa shape index (κ1) is 16.5. The molecule has 0 aromatic heterocycles. The van der Waals surface area contributed by atoms with E-state index >= 15 is 0 Å². The predicted octanol–water partition coefficient (Wildman–Crippen LogP) is -0.134. The van der Waals surface area contributed by atoms with Crippen molar-refractivity contribution in [3.05, 3.63) is 34.2 Å². The van der Waals surface area contributed by atoms with Crippen molar-refractivity contribution in [1.82, 2.24) is 0 Å². The fraction of sp³-hybridized carbons (Fsp3) is 0.538. The van der Waals surface area contributed by atoms with Gasteiger partial charge in [0.15, 0.2) is 0 Å². The quantitative estimate of drug-likeness (QED) is 0.409. The van der Waals surface area contributed by atoms with Crippen molar-refractivity contribution >= 4 is 5.69 Å². The standard InChI is InChI=1S/C13H20N2O5/c1-8-3-4-10(5-9(8)2)15(14-20)6-11(17)13(19)12(18)7-16/h3-5,11-13,16-19H,6-7H2,1-2H3/t11-,12+,13-/m1/s1. The highest BCUT2D eigenvalue weighted by Gasteiger charge is 2.26. The van der Waals surface area contributed by atoms with Gasteiger partial charge in [0.1, 0.15) is 18.3 Å². The van der Waals surface area contributed by atoms with E-state index in [4.69, 9.17) is 5.11 Å². The molecule has 0 unspecified atom stereocenters. The van der Waals surface area contributed by atoms with Crippen molar-refractivity contribution in [3.63, 3.8) is 0 Å². The molecule has 1 aromatic rings. The Kier molecular flexibility index (Phi) is 6.03. The molecule has 0 aliphatic heterocycles. The first-order valence-electron chi connectivity index (χ1n) is 6.23. The normalized spacial score (nSPS) is 15.5. The summed E-state index contributed by atoms with van der Waals surface area (Å²) in [5.41, 5.74) is 2.49. The van der Waals surface area contributed by atoms with Crippen LogP contribution in [0, 0.1) is 18.8 Å². The van der Waals surface area contributed by atoms with Gasteiger partial charge in [-0.2, -0.15) is 0 Å². The van der Waals surface area contributed by atoms with Gasteiger partial charge in [0, 0.05) is 0 Å². The molecule has 0 fully saturated rings. The predicted molar refractivity (Wildman–Crippen MR) is 74.2 cm³/mol. The molecular formula is C13H20N2O5. The zero-order valence-corrected chi connectivity index (χ0v) is 11.5. The summed E-state index contributed by atoms with van der Waals surface area (Å²) in [6, 6.07) is 5.22. The van der Waals surface area contributed by atoms with Crippen LogP contribution in [0.5, 0.6) is 0 Å². The molecule has 0 heterocycles. The number of nitrogens with zero attached hydrogens (tertiary/aromatic N) is 2. The molecule has 7 nitrogen and oxygen atoms in total. The Balaban J connectivity index is 2.81. The highest BCUT2D eigenvalue weighted by atomic mass is 16.4. The van der Waals surface area contributed by atoms with Crippen LogP contribution in [0.1, 0.15) is 11.1 Å². The number of hydrogen-bond acceptors (Lipinski definition) is 6. The van der Waals surface area contributed by atoms with E-state index in [9.17, 15) is 20.2 Å². The molecule has 0 amide bonds. The average Bonchev–Trinajstić information content (AvgIpc) is 2.45. The molecule has 3 atom stereocenters. The topological polar surface area (TPSA) is 114 Å². The number of nitroso groups, excluding NO2 is 1. The molecule has 0 saturated heterocycles. The second kappa shape index (κ2) is 7.30. The van der Waals surface area contributed by atoms with Crippen molar-refractivity contribution in [2.24, 2.45) is 5.29 Å². The lowest BCUT2D eigenvalue weighted by molar-refractivity contribution is -0.0731. The highest BCUT2D eigenvalue weighted by molar-refractivity contribution is 5.50. The third-order valence-electron chi connectivity index (χ3n) is 3.22. The maximum absolute atomic E-state index is 10.9. The van der Waals surface area contributed by atoms with E-state index in [1.165, 1.54) is 0 Å². The fourth-order valence-corrected chi connectivity index (χ4v) is 1.72. The summed E-state index contributed by atoms with van der Waals surface area (Å²) in [7, 11) is 0. The van der Waals surface area contributed by atoms with Crippen molar-refractivity contribution < 1.29 is 20.4 Å². The zero-order valence-electron chi connectivity index (χ0n) is 11.5. The third kappa shape index (κ3) is 3.97. The molecule has 112 valence electrons. The van der Waals surface area contributed by atoms with Gasteiger partial charge in [0.05, 0.1) is 24.1 Å². The van der Waals surface area contributed by atoms with E-state index in [0.29, 0.717) is 5.69 Å². The summed E-state index contributed by atoms with van der Waals surface area (Å²) < 4.78 is 0. The Bertz CT molecular complexity index is 454. The maximum atomic E-state index is 10.9. The summed E-state index contributed by atoms with van der Waals surface area (Å²) >= 11 is 0. The van der Waals surface area contributed by atoms with E-state index in [1.54, 1.807) is 12.1 Å². The van der Waals surface area contributed by atoms with Crippen molar-refractivity contribution in [2.45, 2.75) is 32.2 Å². The molecule has 0 saturated carbocycles. The Labute approximate surface area is 117 Å². The minimum absolute atomic E-state index is 0.287. The van der Waals surface area contributed by atoms with E-state index in [1.807, 2.05) is 19.9 Å². The lowest BCUT2D eigenvalue weighted by Gasteiger charge is -2.25. The number of rotatable bonds is 7. The third-order valence-corrected chi connectivity index (χ3v) is 3.22. The van der Waals surface area contributed by atoms with Gasteiger partial charge in [0.25, 0.3) is 0 Å². The van der Waals surface area contributed by atoms with Crippen LogP contribution < -0.4 is 5.01 Å². The van der Waals surface area contributed by atoms with Crippen LogP contribution in [0.25, 0.3) is 0 Å². The largest absolute Gasteiger partial charge is 0.394 e. The van der Waals surface area contributed by atoms with Gasteiger partial charge in [-0.3, -0.25) is 0 Å². The molecule has 0 aliphatic carbocycles. The number of aliphatic hydroxyl groups excluding tert-OH is 4. The van der Waals surface area contributed by atoms with Gasteiger partial charge in [-0.15, -0.1) is 4.91 Å². The number of aryl methyl sites for hydroxylation is 2. The smallest absolute Gasteiger partial charge is 0.110 e. The first-order valence-corrected chi connectivity index (χ1v) is 6.23. The Hall–Kier alpha value is -1.54. The lowest BCUT2D eigenvalue weighted by Crippen LogP contribution is -2.44. The molecule has 0 radical (unpaired) electrons. The molecule has 4 N–H and O–H groups in total. The van der Waals surface area contributed by atoms with E-state index < -0.39 is 24.9 Å². The summed E-state index contributed by atoms with van der Waals surface area (Å²) in [4.78, 5) is 10.9. The second-order valence-electron chi connectivity index (χ2n) is 4.74. The molecular weight excluding hydrogens is 264 g/mol. The van der Waals surface area contributed by atoms with Gasteiger partial charge >= 0.3 is 0 Å². The second-order valence-corrected chi connectivity index (χ2v) is 4.74. The summed E-state index contributed by atoms with van der Waals surface area (Å²) in [5.74, 6) is 0. The number of hydrogen-bond donors (Lipinski definition) is 4. The van der Waals surface area contributed by atoms with Crippen LogP contribution in [0.15, 0.2) is 23.5 Å². The first-order chi connectivity index (χ1) is 9.40. The minimum atomic E-state index is -1.56. The van der Waals surface area contributed by atoms with E-state index in [-0.39, 0.29) is 6.54 Å². The van der Waals surface area contributed by atoms with Crippen molar-refractivity contribution in [2.75, 3.05) is 18.2 Å². The molecule has 1 rings (SSSR count). The Morgan fingerprint density at radius 2 is 1.80 bits per heavy atom. The molecule has 0 aliphatic rings. The minimum Gasteiger partial charge on any atom is -0.394 e. The van der Waals surface area contributed by atoms with E-state index in [2.05, 4.69) is 5.29 Å². The van der Waals surface area contributed by atoms with Gasteiger partial charge in [-0.05, 0) is 37.1 Å². The maximum Gasteiger partial charge on any atom is 0.110 e. The summed E-state index contributed by atoms with van der Waals surface area (Å²) in [6.07, 6.45) is -4.45. The number of aliphatic hydroxyl groups is 4.